The van der Waals surface area contributed by atoms with Crippen LogP contribution in [-0.4, -0.2) is 18.2 Å². The number of hydrogen-bond acceptors (Lipinski definition) is 4. The van der Waals surface area contributed by atoms with Crippen molar-refractivity contribution in [2.75, 3.05) is 10.6 Å². The Bertz CT molecular complexity index is 988. The highest BCUT2D eigenvalue weighted by molar-refractivity contribution is 7.12. The third-order valence-electron chi connectivity index (χ3n) is 3.49. The van der Waals surface area contributed by atoms with E-state index in [9.17, 15) is 22.8 Å². The number of halogens is 3. The van der Waals surface area contributed by atoms with E-state index in [0.29, 0.717) is 4.88 Å². The van der Waals surface area contributed by atoms with E-state index in [1.807, 2.05) is 0 Å². The molecule has 5 nitrogen and oxygen atoms in total. The number of alkyl halides is 3. The summed E-state index contributed by atoms with van der Waals surface area (Å²) in [6.45, 7) is 0. The standard InChI is InChI=1S/C19H13F3N2O3S/c20-19(21,22)27-13-6-3-5-12(11-13)23-17(25)14-7-1-2-8-15(14)24-18(26)16-9-4-10-28-16/h1-11H,(H,23,25)(H,24,26). The van der Waals surface area contributed by atoms with Crippen molar-refractivity contribution in [1.82, 2.24) is 0 Å². The van der Waals surface area contributed by atoms with Crippen LogP contribution in [0.2, 0.25) is 0 Å². The highest BCUT2D eigenvalue weighted by Crippen LogP contribution is 2.26. The molecule has 2 amide bonds. The maximum absolute atomic E-state index is 12.6. The zero-order chi connectivity index (χ0) is 20.1. The number of carbonyl (C=O) groups is 2. The van der Waals surface area contributed by atoms with E-state index >= 15 is 0 Å². The zero-order valence-corrected chi connectivity index (χ0v) is 14.9. The van der Waals surface area contributed by atoms with Gasteiger partial charge >= 0.3 is 6.36 Å². The predicted molar refractivity (Wildman–Crippen MR) is 99.8 cm³/mol. The number of anilines is 2. The van der Waals surface area contributed by atoms with Crippen LogP contribution in [-0.2, 0) is 0 Å². The fourth-order valence-corrected chi connectivity index (χ4v) is 2.97. The van der Waals surface area contributed by atoms with Crippen LogP contribution in [0.3, 0.4) is 0 Å². The molecule has 0 spiro atoms. The molecule has 0 aliphatic rings. The summed E-state index contributed by atoms with van der Waals surface area (Å²) in [5.41, 5.74) is 0.557. The molecule has 9 heteroatoms. The Labute approximate surface area is 161 Å². The Hall–Kier alpha value is -3.33. The minimum Gasteiger partial charge on any atom is -0.406 e. The van der Waals surface area contributed by atoms with Crippen molar-refractivity contribution < 1.29 is 27.5 Å². The van der Waals surface area contributed by atoms with Crippen LogP contribution >= 0.6 is 11.3 Å². The second kappa shape index (κ2) is 8.13. The Morgan fingerprint density at radius 2 is 1.68 bits per heavy atom. The van der Waals surface area contributed by atoms with Gasteiger partial charge in [0.1, 0.15) is 5.75 Å². The van der Waals surface area contributed by atoms with Gasteiger partial charge in [0.05, 0.1) is 16.1 Å². The first kappa shape index (κ1) is 19.4. The molecule has 0 unspecified atom stereocenters. The third kappa shape index (κ3) is 5.10. The second-order valence-corrected chi connectivity index (χ2v) is 6.45. The fraction of sp³-hybridized carbons (Fsp3) is 0.0526. The summed E-state index contributed by atoms with van der Waals surface area (Å²) in [5.74, 6) is -1.41. The molecule has 0 bridgehead atoms. The average Bonchev–Trinajstić information content (AvgIpc) is 3.16. The largest absolute Gasteiger partial charge is 0.573 e. The van der Waals surface area contributed by atoms with Crippen molar-refractivity contribution in [3.05, 3.63) is 76.5 Å². The Kier molecular flexibility index (Phi) is 5.65. The number of benzene rings is 2. The molecule has 2 N–H and O–H groups in total. The Balaban J connectivity index is 1.76. The van der Waals surface area contributed by atoms with Crippen molar-refractivity contribution in [2.45, 2.75) is 6.36 Å². The molecule has 3 rings (SSSR count). The fourth-order valence-electron chi connectivity index (χ4n) is 2.35. The summed E-state index contributed by atoms with van der Waals surface area (Å²) >= 11 is 1.25. The molecular weight excluding hydrogens is 393 g/mol. The van der Waals surface area contributed by atoms with Crippen LogP contribution < -0.4 is 15.4 Å². The van der Waals surface area contributed by atoms with Crippen LogP contribution in [0.15, 0.2) is 66.0 Å². The first-order valence-electron chi connectivity index (χ1n) is 7.93. The Morgan fingerprint density at radius 3 is 2.39 bits per heavy atom. The maximum atomic E-state index is 12.6. The monoisotopic (exact) mass is 406 g/mol. The highest BCUT2D eigenvalue weighted by atomic mass is 32.1. The van der Waals surface area contributed by atoms with Gasteiger partial charge in [0, 0.05) is 11.8 Å². The number of hydrogen-bond donors (Lipinski definition) is 2. The van der Waals surface area contributed by atoms with E-state index in [1.165, 1.54) is 29.5 Å². The van der Waals surface area contributed by atoms with E-state index in [-0.39, 0.29) is 22.8 Å². The number of carbonyl (C=O) groups excluding carboxylic acids is 2. The van der Waals surface area contributed by atoms with Crippen LogP contribution in [0.4, 0.5) is 24.5 Å². The molecule has 0 saturated carbocycles. The number of amides is 2. The van der Waals surface area contributed by atoms with Gasteiger partial charge in [-0.2, -0.15) is 0 Å². The van der Waals surface area contributed by atoms with Crippen molar-refractivity contribution in [3.63, 3.8) is 0 Å². The average molecular weight is 406 g/mol. The minimum atomic E-state index is -4.83. The number of rotatable bonds is 5. The molecule has 28 heavy (non-hydrogen) atoms. The molecule has 1 heterocycles. The quantitative estimate of drug-likeness (QED) is 0.616. The van der Waals surface area contributed by atoms with E-state index in [4.69, 9.17) is 0 Å². The molecule has 144 valence electrons. The lowest BCUT2D eigenvalue weighted by Gasteiger charge is -2.12. The lowest BCUT2D eigenvalue weighted by molar-refractivity contribution is -0.274. The first-order chi connectivity index (χ1) is 13.3. The SMILES string of the molecule is O=C(Nc1ccccc1C(=O)Nc1cccc(OC(F)(F)F)c1)c1cccs1. The van der Waals surface area contributed by atoms with E-state index in [0.717, 1.165) is 12.1 Å². The molecular formula is C19H13F3N2O3S. The summed E-state index contributed by atoms with van der Waals surface area (Å²) in [7, 11) is 0. The predicted octanol–water partition coefficient (Wildman–Crippen LogP) is 5.15. The number of ether oxygens (including phenoxy) is 1. The van der Waals surface area contributed by atoms with Crippen LogP contribution in [0.5, 0.6) is 5.75 Å². The summed E-state index contributed by atoms with van der Waals surface area (Å²) < 4.78 is 40.9. The Morgan fingerprint density at radius 1 is 0.893 bits per heavy atom. The number of para-hydroxylation sites is 1. The highest BCUT2D eigenvalue weighted by Gasteiger charge is 2.31. The molecule has 0 radical (unpaired) electrons. The summed E-state index contributed by atoms with van der Waals surface area (Å²) in [6.07, 6.45) is -4.83. The van der Waals surface area contributed by atoms with Crippen molar-refractivity contribution in [1.29, 1.82) is 0 Å². The third-order valence-corrected chi connectivity index (χ3v) is 4.36. The van der Waals surface area contributed by atoms with E-state index < -0.39 is 18.0 Å². The molecule has 0 aliphatic carbocycles. The van der Waals surface area contributed by atoms with Gasteiger partial charge < -0.3 is 15.4 Å². The van der Waals surface area contributed by atoms with Gasteiger partial charge in [-0.25, -0.2) is 0 Å². The minimum absolute atomic E-state index is 0.117. The van der Waals surface area contributed by atoms with Gasteiger partial charge in [0.25, 0.3) is 11.8 Å². The van der Waals surface area contributed by atoms with Gasteiger partial charge in [0.15, 0.2) is 0 Å². The summed E-state index contributed by atoms with van der Waals surface area (Å²) in [5, 5.41) is 6.91. The van der Waals surface area contributed by atoms with Crippen molar-refractivity contribution in [2.24, 2.45) is 0 Å². The number of nitrogens with one attached hydrogen (secondary N) is 2. The van der Waals surface area contributed by atoms with Gasteiger partial charge in [-0.3, -0.25) is 9.59 Å². The normalized spacial score (nSPS) is 11.0. The molecule has 3 aromatic rings. The summed E-state index contributed by atoms with van der Waals surface area (Å²) in [6, 6.07) is 14.6. The van der Waals surface area contributed by atoms with Crippen LogP contribution in [0.1, 0.15) is 20.0 Å². The lowest BCUT2D eigenvalue weighted by atomic mass is 10.1. The first-order valence-corrected chi connectivity index (χ1v) is 8.81. The second-order valence-electron chi connectivity index (χ2n) is 5.51. The zero-order valence-electron chi connectivity index (χ0n) is 14.1. The lowest BCUT2D eigenvalue weighted by Crippen LogP contribution is -2.18. The van der Waals surface area contributed by atoms with Gasteiger partial charge in [-0.05, 0) is 35.7 Å². The molecule has 0 saturated heterocycles. The van der Waals surface area contributed by atoms with Crippen molar-refractivity contribution >= 4 is 34.5 Å². The van der Waals surface area contributed by atoms with Crippen molar-refractivity contribution in [3.8, 4) is 5.75 Å². The molecule has 2 aromatic carbocycles. The van der Waals surface area contributed by atoms with E-state index in [1.54, 1.807) is 35.7 Å². The van der Waals surface area contributed by atoms with E-state index in [2.05, 4.69) is 15.4 Å². The van der Waals surface area contributed by atoms with Gasteiger partial charge in [-0.1, -0.05) is 24.3 Å². The van der Waals surface area contributed by atoms with Crippen LogP contribution in [0.25, 0.3) is 0 Å². The van der Waals surface area contributed by atoms with Crippen LogP contribution in [0, 0.1) is 0 Å². The molecule has 0 atom stereocenters. The number of thiophene rings is 1. The topological polar surface area (TPSA) is 67.4 Å². The molecule has 0 fully saturated rings. The van der Waals surface area contributed by atoms with Gasteiger partial charge in [-0.15, -0.1) is 24.5 Å². The smallest absolute Gasteiger partial charge is 0.406 e. The summed E-state index contributed by atoms with van der Waals surface area (Å²) in [4.78, 5) is 25.3. The maximum Gasteiger partial charge on any atom is 0.573 e. The van der Waals surface area contributed by atoms with Gasteiger partial charge in [0.2, 0.25) is 0 Å². The molecule has 1 aromatic heterocycles. The molecule has 0 aliphatic heterocycles.